The number of benzene rings is 1. The Morgan fingerprint density at radius 3 is 2.65 bits per heavy atom. The van der Waals surface area contributed by atoms with E-state index in [4.69, 9.17) is 15.2 Å². The van der Waals surface area contributed by atoms with E-state index in [1.54, 1.807) is 31.2 Å². The van der Waals surface area contributed by atoms with Crippen LogP contribution in [0.1, 0.15) is 32.3 Å². The topological polar surface area (TPSA) is 61.5 Å². The van der Waals surface area contributed by atoms with Crippen LogP contribution in [0.4, 0.5) is 4.39 Å². The molecule has 0 aliphatic rings. The number of methoxy groups -OCH3 is 1. The molecule has 0 saturated heterocycles. The Morgan fingerprint density at radius 2 is 2.10 bits per heavy atom. The van der Waals surface area contributed by atoms with Crippen LogP contribution >= 0.6 is 0 Å². The van der Waals surface area contributed by atoms with Gasteiger partial charge in [-0.3, -0.25) is 4.79 Å². The van der Waals surface area contributed by atoms with E-state index in [0.717, 1.165) is 0 Å². The van der Waals surface area contributed by atoms with E-state index in [9.17, 15) is 9.18 Å². The van der Waals surface area contributed by atoms with Gasteiger partial charge in [0.05, 0.1) is 7.11 Å². The van der Waals surface area contributed by atoms with Gasteiger partial charge < -0.3 is 15.2 Å². The van der Waals surface area contributed by atoms with Crippen LogP contribution in [-0.4, -0.2) is 26.0 Å². The summed E-state index contributed by atoms with van der Waals surface area (Å²) >= 11 is 0. The van der Waals surface area contributed by atoms with Gasteiger partial charge in [-0.1, -0.05) is 25.1 Å². The number of rotatable bonds is 7. The lowest BCUT2D eigenvalue weighted by atomic mass is 9.82. The van der Waals surface area contributed by atoms with Crippen molar-refractivity contribution in [2.75, 3.05) is 13.7 Å². The van der Waals surface area contributed by atoms with Crippen molar-refractivity contribution < 1.29 is 18.7 Å². The van der Waals surface area contributed by atoms with Crippen molar-refractivity contribution in [3.63, 3.8) is 0 Å². The average Bonchev–Trinajstić information content (AvgIpc) is 2.46. The summed E-state index contributed by atoms with van der Waals surface area (Å²) in [4.78, 5) is 12.3. The number of hydrogen-bond donors (Lipinski definition) is 1. The van der Waals surface area contributed by atoms with Gasteiger partial charge in [0.25, 0.3) is 0 Å². The van der Waals surface area contributed by atoms with Gasteiger partial charge in [0.2, 0.25) is 6.36 Å². The van der Waals surface area contributed by atoms with Gasteiger partial charge in [-0.25, -0.2) is 4.39 Å². The van der Waals surface area contributed by atoms with Crippen LogP contribution in [0.3, 0.4) is 0 Å². The lowest BCUT2D eigenvalue weighted by molar-refractivity contribution is -0.164. The Balaban J connectivity index is 3.04. The highest BCUT2D eigenvalue weighted by Gasteiger charge is 2.39. The summed E-state index contributed by atoms with van der Waals surface area (Å²) in [5.41, 5.74) is 5.20. The first-order chi connectivity index (χ1) is 9.49. The second-order valence-electron chi connectivity index (χ2n) is 4.84. The molecule has 1 aromatic carbocycles. The van der Waals surface area contributed by atoms with Crippen molar-refractivity contribution in [1.82, 2.24) is 0 Å². The van der Waals surface area contributed by atoms with Crippen molar-refractivity contribution in [2.45, 2.75) is 38.5 Å². The maximum atomic E-state index is 13.5. The van der Waals surface area contributed by atoms with Gasteiger partial charge >= 0.3 is 5.97 Å². The van der Waals surface area contributed by atoms with Gasteiger partial charge in [-0.15, -0.1) is 0 Å². The number of hydrogen-bond acceptors (Lipinski definition) is 4. The van der Waals surface area contributed by atoms with Crippen LogP contribution in [0, 0.1) is 0 Å². The van der Waals surface area contributed by atoms with E-state index in [-0.39, 0.29) is 13.0 Å². The third-order valence-corrected chi connectivity index (χ3v) is 3.31. The second-order valence-corrected chi connectivity index (χ2v) is 4.84. The van der Waals surface area contributed by atoms with Crippen molar-refractivity contribution in [1.29, 1.82) is 0 Å². The number of para-hydroxylation sites is 1. The van der Waals surface area contributed by atoms with Crippen molar-refractivity contribution >= 4 is 5.97 Å². The van der Waals surface area contributed by atoms with Crippen LogP contribution < -0.4 is 10.5 Å². The molecule has 5 heteroatoms. The van der Waals surface area contributed by atoms with E-state index in [1.165, 1.54) is 7.11 Å². The van der Waals surface area contributed by atoms with E-state index in [2.05, 4.69) is 0 Å². The van der Waals surface area contributed by atoms with Crippen molar-refractivity contribution in [2.24, 2.45) is 5.73 Å². The maximum absolute atomic E-state index is 13.5. The molecule has 1 aromatic rings. The number of carbonyl (C=O) groups is 1. The minimum absolute atomic E-state index is 0.00501. The van der Waals surface area contributed by atoms with E-state index >= 15 is 0 Å². The summed E-state index contributed by atoms with van der Waals surface area (Å²) in [6.07, 6.45) is -0.825. The zero-order chi connectivity index (χ0) is 15.2. The van der Waals surface area contributed by atoms with Crippen molar-refractivity contribution in [3.8, 4) is 5.75 Å². The molecule has 2 unspecified atom stereocenters. The fourth-order valence-electron chi connectivity index (χ4n) is 1.94. The molecule has 0 aromatic heterocycles. The summed E-state index contributed by atoms with van der Waals surface area (Å²) in [5, 5.41) is 0. The third kappa shape index (κ3) is 3.48. The van der Waals surface area contributed by atoms with Gasteiger partial charge in [-0.05, 0) is 19.4 Å². The highest BCUT2D eigenvalue weighted by molar-refractivity contribution is 5.84. The maximum Gasteiger partial charge on any atom is 0.320 e. The van der Waals surface area contributed by atoms with Crippen LogP contribution in [0.5, 0.6) is 5.75 Å². The largest absolute Gasteiger partial charge is 0.496 e. The highest BCUT2D eigenvalue weighted by atomic mass is 19.1. The fraction of sp³-hybridized carbons (Fsp3) is 0.533. The Morgan fingerprint density at radius 1 is 1.45 bits per heavy atom. The Bertz CT molecular complexity index is 452. The summed E-state index contributed by atoms with van der Waals surface area (Å²) in [6.45, 7) is 3.46. The average molecular weight is 283 g/mol. The van der Waals surface area contributed by atoms with Gasteiger partial charge in [0.15, 0.2) is 0 Å². The molecule has 2 atom stereocenters. The number of halogens is 1. The molecular weight excluding hydrogens is 261 g/mol. The molecular formula is C15H22FNO3. The zero-order valence-electron chi connectivity index (χ0n) is 12.2. The molecule has 4 nitrogen and oxygen atoms in total. The quantitative estimate of drug-likeness (QED) is 0.781. The third-order valence-electron chi connectivity index (χ3n) is 3.31. The zero-order valence-corrected chi connectivity index (χ0v) is 12.2. The minimum Gasteiger partial charge on any atom is -0.496 e. The van der Waals surface area contributed by atoms with Crippen LogP contribution in [-0.2, 0) is 14.9 Å². The van der Waals surface area contributed by atoms with E-state index < -0.39 is 17.7 Å². The summed E-state index contributed by atoms with van der Waals surface area (Å²) < 4.78 is 23.6. The Hall–Kier alpha value is -1.62. The highest BCUT2D eigenvalue weighted by Crippen LogP contribution is 2.32. The smallest absolute Gasteiger partial charge is 0.320 e. The molecule has 0 heterocycles. The molecule has 0 spiro atoms. The van der Waals surface area contributed by atoms with Gasteiger partial charge in [0, 0.05) is 18.5 Å². The lowest BCUT2D eigenvalue weighted by Crippen LogP contribution is -2.42. The second kappa shape index (κ2) is 7.24. The molecule has 0 bridgehead atoms. The lowest BCUT2D eigenvalue weighted by Gasteiger charge is -2.28. The van der Waals surface area contributed by atoms with Crippen LogP contribution in [0.25, 0.3) is 0 Å². The first kappa shape index (κ1) is 16.4. The van der Waals surface area contributed by atoms with Crippen molar-refractivity contribution in [3.05, 3.63) is 29.8 Å². The first-order valence-corrected chi connectivity index (χ1v) is 6.68. The number of alkyl halides is 1. The number of carbonyl (C=O) groups excluding carboxylic acids is 1. The number of nitrogens with two attached hydrogens (primary N) is 1. The molecule has 20 heavy (non-hydrogen) atoms. The normalized spacial score (nSPS) is 15.2. The van der Waals surface area contributed by atoms with E-state index in [0.29, 0.717) is 17.7 Å². The molecule has 0 fully saturated rings. The molecule has 0 saturated carbocycles. The Kier molecular flexibility index (Phi) is 5.95. The first-order valence-electron chi connectivity index (χ1n) is 6.68. The number of ether oxygens (including phenoxy) is 2. The number of esters is 1. The van der Waals surface area contributed by atoms with E-state index in [1.807, 2.05) is 6.92 Å². The standard InChI is InChI=1S/C15H22FNO3/c1-4-7-13(16)20-14(18)15(2,10-17)11-8-5-6-9-12(11)19-3/h5-6,8-9,13H,4,7,10,17H2,1-3H3. The molecule has 0 radical (unpaired) electrons. The molecule has 0 aliphatic carbocycles. The molecule has 0 aliphatic heterocycles. The summed E-state index contributed by atoms with van der Waals surface area (Å²) in [6, 6.07) is 7.03. The predicted octanol–water partition coefficient (Wildman–Crippen LogP) is 2.55. The van der Waals surface area contributed by atoms with Gasteiger partial charge in [0.1, 0.15) is 11.2 Å². The molecule has 0 amide bonds. The monoisotopic (exact) mass is 283 g/mol. The summed E-state index contributed by atoms with van der Waals surface area (Å²) in [7, 11) is 1.51. The molecule has 2 N–H and O–H groups in total. The SMILES string of the molecule is CCCC(F)OC(=O)C(C)(CN)c1ccccc1OC. The fourth-order valence-corrected chi connectivity index (χ4v) is 1.94. The predicted molar refractivity (Wildman–Crippen MR) is 75.3 cm³/mol. The van der Waals surface area contributed by atoms with Gasteiger partial charge in [-0.2, -0.15) is 0 Å². The minimum atomic E-state index is -1.60. The summed E-state index contributed by atoms with van der Waals surface area (Å²) in [5.74, 6) is -0.145. The van der Waals surface area contributed by atoms with Crippen LogP contribution in [0.15, 0.2) is 24.3 Å². The van der Waals surface area contributed by atoms with Crippen LogP contribution in [0.2, 0.25) is 0 Å². The Labute approximate surface area is 119 Å². The molecule has 1 rings (SSSR count). The molecule has 112 valence electrons.